The van der Waals surface area contributed by atoms with Crippen LogP contribution in [0.15, 0.2) is 52.3 Å². The summed E-state index contributed by atoms with van der Waals surface area (Å²) >= 11 is 1.51. The Labute approximate surface area is 225 Å². The maximum atomic E-state index is 13.4. The lowest BCUT2D eigenvalue weighted by molar-refractivity contribution is -0.137. The number of nitrogens with zero attached hydrogens (tertiary/aromatic N) is 3. The fourth-order valence-electron chi connectivity index (χ4n) is 4.80. The number of para-hydroxylation sites is 1. The van der Waals surface area contributed by atoms with Crippen LogP contribution in [0.2, 0.25) is 0 Å². The summed E-state index contributed by atoms with van der Waals surface area (Å²) in [4.78, 5) is 19.5. The smallest absolute Gasteiger partial charge is 0.377 e. The first kappa shape index (κ1) is 28.7. The molecule has 2 aromatic carbocycles. The number of benzene rings is 2. The van der Waals surface area contributed by atoms with Gasteiger partial charge in [0.1, 0.15) is 6.23 Å². The molecule has 1 amide bonds. The lowest BCUT2D eigenvalue weighted by Crippen LogP contribution is -2.51. The lowest BCUT2D eigenvalue weighted by atomic mass is 10.1. The normalized spacial score (nSPS) is 18.1. The number of nitrogens with one attached hydrogen (secondary N) is 1. The second kappa shape index (κ2) is 12.7. The number of halogens is 3. The van der Waals surface area contributed by atoms with E-state index in [2.05, 4.69) is 15.1 Å². The summed E-state index contributed by atoms with van der Waals surface area (Å²) in [5, 5.41) is 12.9. The van der Waals surface area contributed by atoms with Gasteiger partial charge in [0.15, 0.2) is 0 Å². The van der Waals surface area contributed by atoms with Crippen molar-refractivity contribution in [3.63, 3.8) is 0 Å². The zero-order valence-electron chi connectivity index (χ0n) is 21.2. The van der Waals surface area contributed by atoms with Gasteiger partial charge in [0.05, 0.1) is 23.0 Å². The van der Waals surface area contributed by atoms with Gasteiger partial charge >= 0.3 is 6.18 Å². The number of amides is 1. The van der Waals surface area contributed by atoms with Crippen LogP contribution in [0.5, 0.6) is 0 Å². The molecule has 0 aliphatic carbocycles. The fourth-order valence-corrected chi connectivity index (χ4v) is 5.88. The van der Waals surface area contributed by atoms with E-state index in [0.29, 0.717) is 18.8 Å². The topological polar surface area (TPSA) is 111 Å². The van der Waals surface area contributed by atoms with Crippen LogP contribution < -0.4 is 21.7 Å². The van der Waals surface area contributed by atoms with E-state index in [-0.39, 0.29) is 6.42 Å². The third-order valence-corrected chi connectivity index (χ3v) is 8.03. The average molecular weight is 553 g/mol. The summed E-state index contributed by atoms with van der Waals surface area (Å²) < 4.78 is 40.3. The van der Waals surface area contributed by atoms with Crippen molar-refractivity contribution in [1.82, 2.24) is 15.1 Å². The maximum absolute atomic E-state index is 13.4. The number of hydrogen-bond acceptors (Lipinski definition) is 8. The number of nitrogens with two attached hydrogens (primary N) is 2. The number of rotatable bonds is 11. The van der Waals surface area contributed by atoms with Gasteiger partial charge < -0.3 is 26.4 Å². The van der Waals surface area contributed by atoms with Gasteiger partial charge in [0.25, 0.3) is 0 Å². The SMILES string of the molecule is NC(=O)C[C@H](N)C(O)NCCN1CCN(CCCN2c3ccccc3Sc3ccc(C(F)(F)F)cc32)CC1. The Balaban J connectivity index is 1.26. The Morgan fingerprint density at radius 3 is 2.34 bits per heavy atom. The van der Waals surface area contributed by atoms with Crippen LogP contribution >= 0.6 is 11.8 Å². The Morgan fingerprint density at radius 2 is 1.66 bits per heavy atom. The van der Waals surface area contributed by atoms with Crippen LogP contribution in [0.1, 0.15) is 18.4 Å². The molecule has 38 heavy (non-hydrogen) atoms. The third-order valence-electron chi connectivity index (χ3n) is 6.90. The summed E-state index contributed by atoms with van der Waals surface area (Å²) in [6, 6.07) is 11.1. The summed E-state index contributed by atoms with van der Waals surface area (Å²) in [6.45, 7) is 6.31. The van der Waals surface area contributed by atoms with Crippen molar-refractivity contribution >= 4 is 29.0 Å². The number of carbonyl (C=O) groups excluding carboxylic acids is 1. The Kier molecular flexibility index (Phi) is 9.55. The molecule has 0 aromatic heterocycles. The van der Waals surface area contributed by atoms with Gasteiger partial charge in [-0.2, -0.15) is 13.2 Å². The minimum absolute atomic E-state index is 0.0796. The molecular formula is C26H35F3N6O2S. The Hall–Kier alpha value is -2.35. The molecule has 2 aliphatic rings. The number of aliphatic hydroxyl groups is 1. The molecule has 2 heterocycles. The van der Waals surface area contributed by atoms with Gasteiger partial charge in [0.2, 0.25) is 5.91 Å². The molecule has 4 rings (SSSR count). The highest BCUT2D eigenvalue weighted by atomic mass is 32.2. The highest BCUT2D eigenvalue weighted by molar-refractivity contribution is 7.99. The van der Waals surface area contributed by atoms with E-state index in [9.17, 15) is 23.1 Å². The van der Waals surface area contributed by atoms with E-state index >= 15 is 0 Å². The summed E-state index contributed by atoms with van der Waals surface area (Å²) in [5.74, 6) is -0.548. The zero-order chi connectivity index (χ0) is 27.3. The van der Waals surface area contributed by atoms with Crippen LogP contribution in [0.25, 0.3) is 0 Å². The number of primary amides is 1. The van der Waals surface area contributed by atoms with Gasteiger partial charge in [-0.25, -0.2) is 0 Å². The predicted octanol–water partition coefficient (Wildman–Crippen LogP) is 2.43. The quantitative estimate of drug-likeness (QED) is 0.315. The van der Waals surface area contributed by atoms with Crippen molar-refractivity contribution in [3.05, 3.63) is 48.0 Å². The number of carbonyl (C=O) groups is 1. The first-order valence-electron chi connectivity index (χ1n) is 12.8. The largest absolute Gasteiger partial charge is 0.416 e. The fraction of sp³-hybridized carbons (Fsp3) is 0.500. The van der Waals surface area contributed by atoms with Crippen molar-refractivity contribution in [1.29, 1.82) is 0 Å². The average Bonchev–Trinajstić information content (AvgIpc) is 2.88. The van der Waals surface area contributed by atoms with Crippen molar-refractivity contribution in [2.24, 2.45) is 11.5 Å². The first-order chi connectivity index (χ1) is 18.1. The molecule has 8 nitrogen and oxygen atoms in total. The monoisotopic (exact) mass is 552 g/mol. The van der Waals surface area contributed by atoms with Crippen LogP contribution in [0, 0.1) is 0 Å². The van der Waals surface area contributed by atoms with Gasteiger partial charge in [0, 0.05) is 62.0 Å². The van der Waals surface area contributed by atoms with Crippen LogP contribution in [0.3, 0.4) is 0 Å². The number of alkyl halides is 3. The van der Waals surface area contributed by atoms with Crippen LogP contribution in [-0.4, -0.2) is 85.4 Å². The number of hydrogen-bond donors (Lipinski definition) is 4. The van der Waals surface area contributed by atoms with Gasteiger partial charge in [-0.05, 0) is 43.3 Å². The number of anilines is 2. The molecule has 1 unspecified atom stereocenters. The molecule has 6 N–H and O–H groups in total. The second-order valence-electron chi connectivity index (χ2n) is 9.67. The van der Waals surface area contributed by atoms with Crippen molar-refractivity contribution in [3.8, 4) is 0 Å². The summed E-state index contributed by atoms with van der Waals surface area (Å²) in [5.41, 5.74) is 11.8. The summed E-state index contributed by atoms with van der Waals surface area (Å²) in [7, 11) is 0. The van der Waals surface area contributed by atoms with Crippen molar-refractivity contribution in [2.75, 3.05) is 57.3 Å². The van der Waals surface area contributed by atoms with E-state index in [4.69, 9.17) is 11.5 Å². The predicted molar refractivity (Wildman–Crippen MR) is 142 cm³/mol. The molecule has 208 valence electrons. The molecular weight excluding hydrogens is 517 g/mol. The Morgan fingerprint density at radius 1 is 1.00 bits per heavy atom. The molecule has 1 saturated heterocycles. The molecule has 0 radical (unpaired) electrons. The minimum Gasteiger partial charge on any atom is -0.377 e. The molecule has 12 heteroatoms. The number of piperazine rings is 1. The molecule has 0 spiro atoms. The second-order valence-corrected chi connectivity index (χ2v) is 10.8. The van der Waals surface area contributed by atoms with Gasteiger partial charge in [-0.1, -0.05) is 23.9 Å². The molecule has 2 aliphatic heterocycles. The zero-order valence-corrected chi connectivity index (χ0v) is 22.0. The Bertz CT molecular complexity index is 1100. The molecule has 2 atom stereocenters. The maximum Gasteiger partial charge on any atom is 0.416 e. The summed E-state index contributed by atoms with van der Waals surface area (Å²) in [6.07, 6.45) is -4.63. The van der Waals surface area contributed by atoms with E-state index in [1.165, 1.54) is 17.8 Å². The van der Waals surface area contributed by atoms with E-state index < -0.39 is 29.9 Å². The number of aliphatic hydroxyl groups excluding tert-OH is 1. The van der Waals surface area contributed by atoms with E-state index in [1.54, 1.807) is 6.07 Å². The van der Waals surface area contributed by atoms with E-state index in [1.807, 2.05) is 29.2 Å². The van der Waals surface area contributed by atoms with E-state index in [0.717, 1.165) is 67.2 Å². The number of fused-ring (bicyclic) bond motifs is 2. The van der Waals surface area contributed by atoms with Gasteiger partial charge in [-0.15, -0.1) is 0 Å². The van der Waals surface area contributed by atoms with Gasteiger partial charge in [-0.3, -0.25) is 15.0 Å². The van der Waals surface area contributed by atoms with Crippen LogP contribution in [0.4, 0.5) is 24.5 Å². The lowest BCUT2D eigenvalue weighted by Gasteiger charge is -2.36. The molecule has 0 bridgehead atoms. The standard InChI is InChI=1S/C26H35F3N6O2S/c27-26(28,29)18-6-7-23-21(16-18)35(20-4-1-2-5-22(20)38-23)10-3-9-33-12-14-34(15-13-33)11-8-32-25(37)19(30)17-24(31)36/h1-2,4-7,16,19,25,32,37H,3,8-15,17,30H2,(H2,31,36)/t19-,25?/m0/s1. The van der Waals surface area contributed by atoms with Crippen LogP contribution in [-0.2, 0) is 11.0 Å². The highest BCUT2D eigenvalue weighted by Gasteiger charge is 2.33. The van der Waals surface area contributed by atoms with Crippen molar-refractivity contribution < 1.29 is 23.1 Å². The highest BCUT2D eigenvalue weighted by Crippen LogP contribution is 2.49. The third kappa shape index (κ3) is 7.39. The molecule has 1 fully saturated rings. The molecule has 0 saturated carbocycles. The minimum atomic E-state index is -4.38. The first-order valence-corrected chi connectivity index (χ1v) is 13.6. The van der Waals surface area contributed by atoms with Crippen molar-refractivity contribution in [2.45, 2.75) is 41.1 Å². The molecule has 2 aromatic rings.